The molecular weight excluding hydrogens is 833 g/mol. The number of aliphatic carboxylic acids is 2. The number of unbranched alkanes of at least 4 members (excludes halogenated alkanes) is 42. The Balaban J connectivity index is 0. The Morgan fingerprint density at radius 1 is 0.279 bits per heavy atom. The van der Waals surface area contributed by atoms with E-state index < -0.39 is 11.9 Å². The van der Waals surface area contributed by atoms with Crippen LogP contribution in [0, 0.1) is 17.8 Å². The zero-order valence-corrected chi connectivity index (χ0v) is 47.4. The van der Waals surface area contributed by atoms with Gasteiger partial charge in [0.15, 0.2) is 0 Å². The predicted octanol–water partition coefficient (Wildman–Crippen LogP) is 22.9. The molecule has 4 nitrogen and oxygen atoms in total. The van der Waals surface area contributed by atoms with Gasteiger partial charge < -0.3 is 10.2 Å². The lowest BCUT2D eigenvalue weighted by Crippen LogP contribution is -2.13. The highest BCUT2D eigenvalue weighted by molar-refractivity contribution is 5.70. The second-order valence-electron chi connectivity index (χ2n) is 22.3. The maximum absolute atomic E-state index is 11.6. The average Bonchev–Trinajstić information content (AvgIpc) is 3.32. The minimum atomic E-state index is -0.569. The van der Waals surface area contributed by atoms with Crippen LogP contribution in [0.3, 0.4) is 0 Å². The van der Waals surface area contributed by atoms with E-state index in [1.165, 1.54) is 283 Å². The molecular formula is C64H126O4. The second kappa shape index (κ2) is 60.0. The fraction of sp³-hybridized carbons (Fsp3) is 0.938. The SMILES string of the molecule is CCCCCCCC/C=C\CCCCCCC(CCCCCCCCCCCCCC)C(=O)O.CCCCCCCCCCCCCCC(CCCCCCCCCCCCCC(C)C)C(=O)O. The molecule has 2 atom stereocenters. The highest BCUT2D eigenvalue weighted by atomic mass is 16.4. The third-order valence-electron chi connectivity index (χ3n) is 14.9. The summed E-state index contributed by atoms with van der Waals surface area (Å²) >= 11 is 0. The summed E-state index contributed by atoms with van der Waals surface area (Å²) < 4.78 is 0. The van der Waals surface area contributed by atoms with Gasteiger partial charge in [-0.1, -0.05) is 329 Å². The molecule has 0 aliphatic rings. The standard InChI is InChI=1S/C32H64O2.C32H62O2/c1-4-5-6-7-8-9-10-13-16-19-22-25-28-31(32(33)34)29-26-23-20-17-14-11-12-15-18-21-24-27-30(2)3;1-3-5-7-9-11-13-15-17-18-20-22-24-26-28-30-31(32(33)34)29-27-25-23-21-19-16-14-12-10-8-6-4-2/h30-31H,4-29H2,1-3H3,(H,33,34);17-18,31H,3-16,19-30H2,1-2H3,(H,33,34)/b;18-17-. The fourth-order valence-corrected chi connectivity index (χ4v) is 10.1. The number of hydrogen-bond acceptors (Lipinski definition) is 2. The van der Waals surface area contributed by atoms with Crippen LogP contribution in [0.4, 0.5) is 0 Å². The normalized spacial score (nSPS) is 12.5. The average molecular weight is 960 g/mol. The van der Waals surface area contributed by atoms with Gasteiger partial charge in [-0.3, -0.25) is 9.59 Å². The van der Waals surface area contributed by atoms with Crippen LogP contribution in [-0.4, -0.2) is 22.2 Å². The molecule has 2 unspecified atom stereocenters. The largest absolute Gasteiger partial charge is 0.481 e. The molecule has 0 spiro atoms. The first-order chi connectivity index (χ1) is 33.3. The van der Waals surface area contributed by atoms with Crippen LogP contribution in [0.15, 0.2) is 12.2 Å². The van der Waals surface area contributed by atoms with Crippen molar-refractivity contribution in [3.8, 4) is 0 Å². The molecule has 68 heavy (non-hydrogen) atoms. The van der Waals surface area contributed by atoms with E-state index in [1.807, 2.05) is 0 Å². The monoisotopic (exact) mass is 959 g/mol. The maximum Gasteiger partial charge on any atom is 0.306 e. The first kappa shape index (κ1) is 68.8. The predicted molar refractivity (Wildman–Crippen MR) is 303 cm³/mol. The number of carboxylic acid groups (broad SMARTS) is 2. The van der Waals surface area contributed by atoms with Gasteiger partial charge in [-0.15, -0.1) is 0 Å². The lowest BCUT2D eigenvalue weighted by atomic mass is 9.94. The van der Waals surface area contributed by atoms with Gasteiger partial charge in [-0.05, 0) is 57.3 Å². The number of carbonyl (C=O) groups is 2. The summed E-state index contributed by atoms with van der Waals surface area (Å²) in [5.74, 6) is -0.475. The molecule has 0 bridgehead atoms. The van der Waals surface area contributed by atoms with Crippen molar-refractivity contribution in [1.82, 2.24) is 0 Å². The zero-order valence-electron chi connectivity index (χ0n) is 47.4. The van der Waals surface area contributed by atoms with Crippen molar-refractivity contribution in [3.05, 3.63) is 12.2 Å². The Morgan fingerprint density at radius 2 is 0.456 bits per heavy atom. The Kier molecular flexibility index (Phi) is 60.7. The molecule has 0 aromatic heterocycles. The van der Waals surface area contributed by atoms with Crippen molar-refractivity contribution in [2.24, 2.45) is 17.8 Å². The van der Waals surface area contributed by atoms with E-state index in [-0.39, 0.29) is 11.8 Å². The molecule has 0 aromatic rings. The van der Waals surface area contributed by atoms with Gasteiger partial charge in [0, 0.05) is 0 Å². The smallest absolute Gasteiger partial charge is 0.306 e. The third-order valence-corrected chi connectivity index (χ3v) is 14.9. The highest BCUT2D eigenvalue weighted by Crippen LogP contribution is 2.22. The van der Waals surface area contributed by atoms with E-state index in [9.17, 15) is 19.8 Å². The lowest BCUT2D eigenvalue weighted by Gasteiger charge is -2.12. The Morgan fingerprint density at radius 3 is 0.647 bits per heavy atom. The minimum Gasteiger partial charge on any atom is -0.481 e. The topological polar surface area (TPSA) is 74.6 Å². The molecule has 4 heteroatoms. The van der Waals surface area contributed by atoms with E-state index in [2.05, 4.69) is 46.8 Å². The van der Waals surface area contributed by atoms with Crippen molar-refractivity contribution < 1.29 is 19.8 Å². The zero-order chi connectivity index (χ0) is 50.1. The van der Waals surface area contributed by atoms with Crippen LogP contribution >= 0.6 is 0 Å². The van der Waals surface area contributed by atoms with E-state index in [1.54, 1.807) is 0 Å². The van der Waals surface area contributed by atoms with Gasteiger partial charge in [0.1, 0.15) is 0 Å². The van der Waals surface area contributed by atoms with Crippen molar-refractivity contribution >= 4 is 11.9 Å². The van der Waals surface area contributed by atoms with Crippen molar-refractivity contribution in [2.75, 3.05) is 0 Å². The summed E-state index contributed by atoms with van der Waals surface area (Å²) in [4.78, 5) is 23.2. The second-order valence-corrected chi connectivity index (χ2v) is 22.3. The molecule has 0 heterocycles. The number of carboxylic acids is 2. The molecule has 0 saturated carbocycles. The lowest BCUT2D eigenvalue weighted by molar-refractivity contribution is -0.143. The maximum atomic E-state index is 11.6. The van der Waals surface area contributed by atoms with E-state index in [0.717, 1.165) is 57.3 Å². The van der Waals surface area contributed by atoms with Crippen LogP contribution < -0.4 is 0 Å². The third kappa shape index (κ3) is 59.0. The molecule has 0 rings (SSSR count). The van der Waals surface area contributed by atoms with Crippen LogP contribution in [0.5, 0.6) is 0 Å². The molecule has 0 amide bonds. The minimum absolute atomic E-state index is 0.0983. The van der Waals surface area contributed by atoms with Crippen molar-refractivity contribution in [2.45, 2.75) is 369 Å². The van der Waals surface area contributed by atoms with Gasteiger partial charge in [0.05, 0.1) is 11.8 Å². The quantitative estimate of drug-likeness (QED) is 0.0470. The number of hydrogen-bond donors (Lipinski definition) is 2. The van der Waals surface area contributed by atoms with E-state index in [0.29, 0.717) is 0 Å². The first-order valence-electron chi connectivity index (χ1n) is 31.4. The first-order valence-corrected chi connectivity index (χ1v) is 31.4. The fourth-order valence-electron chi connectivity index (χ4n) is 10.1. The van der Waals surface area contributed by atoms with Gasteiger partial charge >= 0.3 is 11.9 Å². The number of rotatable bonds is 56. The van der Waals surface area contributed by atoms with Gasteiger partial charge in [0.25, 0.3) is 0 Å². The molecule has 406 valence electrons. The summed E-state index contributed by atoms with van der Waals surface area (Å²) in [6.07, 6.45) is 72.1. The summed E-state index contributed by atoms with van der Waals surface area (Å²) in [5, 5.41) is 19.1. The molecule has 0 saturated heterocycles. The van der Waals surface area contributed by atoms with Crippen LogP contribution in [0.25, 0.3) is 0 Å². The van der Waals surface area contributed by atoms with Crippen LogP contribution in [0.2, 0.25) is 0 Å². The summed E-state index contributed by atoms with van der Waals surface area (Å²) in [7, 11) is 0. The van der Waals surface area contributed by atoms with Crippen molar-refractivity contribution in [1.29, 1.82) is 0 Å². The summed E-state index contributed by atoms with van der Waals surface area (Å²) in [6.45, 7) is 11.5. The Hall–Kier alpha value is -1.32. The summed E-state index contributed by atoms with van der Waals surface area (Å²) in [6, 6.07) is 0. The molecule has 2 N–H and O–H groups in total. The summed E-state index contributed by atoms with van der Waals surface area (Å²) in [5.41, 5.74) is 0. The highest BCUT2D eigenvalue weighted by Gasteiger charge is 2.17. The Bertz CT molecular complexity index is 988. The molecule has 0 aliphatic carbocycles. The van der Waals surface area contributed by atoms with Gasteiger partial charge in [0.2, 0.25) is 0 Å². The molecule has 0 fully saturated rings. The molecule has 0 aliphatic heterocycles. The van der Waals surface area contributed by atoms with Crippen molar-refractivity contribution in [3.63, 3.8) is 0 Å². The van der Waals surface area contributed by atoms with Gasteiger partial charge in [-0.25, -0.2) is 0 Å². The number of allylic oxidation sites excluding steroid dienone is 2. The van der Waals surface area contributed by atoms with Gasteiger partial charge in [-0.2, -0.15) is 0 Å². The van der Waals surface area contributed by atoms with Crippen LogP contribution in [-0.2, 0) is 9.59 Å². The van der Waals surface area contributed by atoms with E-state index in [4.69, 9.17) is 0 Å². The molecule has 0 aromatic carbocycles. The molecule has 0 radical (unpaired) electrons. The van der Waals surface area contributed by atoms with E-state index >= 15 is 0 Å². The van der Waals surface area contributed by atoms with Crippen LogP contribution in [0.1, 0.15) is 369 Å². The Labute approximate surface area is 428 Å².